The molecule has 37 heavy (non-hydrogen) atoms. The molecular formula is C28H29F2N3O4. The normalized spacial score (nSPS) is 26.6. The standard InChI is InChI=1S/C28H29F2N3O4/c29-18-5-7-20(22(30)12-18)17-13-32(14-17)23-3-1-2-4-25(23)37-19-6-8-21-16(11-19)15-33(28(21)36)24-9-10-26(34)31-27(24)35/h5-8,11-12,17,23-25H,1-4,9-10,13-15H2,(H,31,34,35)/t23-,24?,25-/m1/s1. The second-order valence-corrected chi connectivity index (χ2v) is 10.5. The summed E-state index contributed by atoms with van der Waals surface area (Å²) in [6.07, 6.45) is 4.61. The fourth-order valence-corrected chi connectivity index (χ4v) is 6.24. The summed E-state index contributed by atoms with van der Waals surface area (Å²) in [6, 6.07) is 8.83. The van der Waals surface area contributed by atoms with Crippen LogP contribution in [0.2, 0.25) is 0 Å². The summed E-state index contributed by atoms with van der Waals surface area (Å²) >= 11 is 0. The third-order valence-corrected chi connectivity index (χ3v) is 8.23. The summed E-state index contributed by atoms with van der Waals surface area (Å²) in [7, 11) is 0. The number of carbonyl (C=O) groups excluding carboxylic acids is 3. The number of ether oxygens (including phenoxy) is 1. The quantitative estimate of drug-likeness (QED) is 0.625. The van der Waals surface area contributed by atoms with E-state index in [4.69, 9.17) is 4.74 Å². The summed E-state index contributed by atoms with van der Waals surface area (Å²) in [4.78, 5) is 40.6. The molecule has 3 aliphatic heterocycles. The Morgan fingerprint density at radius 3 is 2.54 bits per heavy atom. The Hall–Kier alpha value is -3.33. The van der Waals surface area contributed by atoms with E-state index in [0.717, 1.165) is 37.3 Å². The van der Waals surface area contributed by atoms with Gasteiger partial charge in [0.25, 0.3) is 5.91 Å². The van der Waals surface area contributed by atoms with Gasteiger partial charge in [-0.3, -0.25) is 24.6 Å². The minimum absolute atomic E-state index is 0.0193. The second kappa shape index (κ2) is 9.52. The van der Waals surface area contributed by atoms with Crippen molar-refractivity contribution in [2.75, 3.05) is 13.1 Å². The van der Waals surface area contributed by atoms with Gasteiger partial charge in [-0.05, 0) is 61.1 Å². The molecule has 0 aromatic heterocycles. The van der Waals surface area contributed by atoms with E-state index in [-0.39, 0.29) is 36.3 Å². The monoisotopic (exact) mass is 509 g/mol. The smallest absolute Gasteiger partial charge is 0.255 e. The van der Waals surface area contributed by atoms with Crippen molar-refractivity contribution >= 4 is 17.7 Å². The van der Waals surface area contributed by atoms with E-state index in [9.17, 15) is 23.2 Å². The molecule has 0 bridgehead atoms. The predicted molar refractivity (Wildman–Crippen MR) is 130 cm³/mol. The zero-order valence-corrected chi connectivity index (χ0v) is 20.4. The van der Waals surface area contributed by atoms with E-state index in [1.165, 1.54) is 11.0 Å². The molecule has 6 rings (SSSR count). The maximum atomic E-state index is 14.2. The average molecular weight is 510 g/mol. The molecule has 3 atom stereocenters. The van der Waals surface area contributed by atoms with Crippen LogP contribution in [0, 0.1) is 11.6 Å². The number of amides is 3. The van der Waals surface area contributed by atoms with Crippen LogP contribution >= 0.6 is 0 Å². The molecule has 7 nitrogen and oxygen atoms in total. The van der Waals surface area contributed by atoms with Gasteiger partial charge >= 0.3 is 0 Å². The molecule has 0 radical (unpaired) electrons. The van der Waals surface area contributed by atoms with E-state index < -0.39 is 23.6 Å². The van der Waals surface area contributed by atoms with E-state index in [0.29, 0.717) is 42.9 Å². The third kappa shape index (κ3) is 4.50. The lowest BCUT2D eigenvalue weighted by molar-refractivity contribution is -0.136. The van der Waals surface area contributed by atoms with Crippen LogP contribution in [0.1, 0.15) is 65.9 Å². The summed E-state index contributed by atoms with van der Waals surface area (Å²) in [6.45, 7) is 1.74. The predicted octanol–water partition coefficient (Wildman–Crippen LogP) is 3.52. The van der Waals surface area contributed by atoms with Crippen molar-refractivity contribution in [2.24, 2.45) is 0 Å². The van der Waals surface area contributed by atoms with E-state index in [1.54, 1.807) is 12.1 Å². The zero-order chi connectivity index (χ0) is 25.7. The van der Waals surface area contributed by atoms with Gasteiger partial charge in [0.1, 0.15) is 29.5 Å². The Morgan fingerprint density at radius 1 is 0.946 bits per heavy atom. The molecule has 1 unspecified atom stereocenters. The number of carbonyl (C=O) groups is 3. The van der Waals surface area contributed by atoms with Crippen LogP contribution in [0.25, 0.3) is 0 Å². The van der Waals surface area contributed by atoms with Crippen molar-refractivity contribution in [2.45, 2.75) is 69.2 Å². The van der Waals surface area contributed by atoms with E-state index in [1.807, 2.05) is 12.1 Å². The van der Waals surface area contributed by atoms with Crippen LogP contribution < -0.4 is 10.1 Å². The minimum atomic E-state index is -0.644. The number of likely N-dealkylation sites (tertiary alicyclic amines) is 1. The van der Waals surface area contributed by atoms with Crippen molar-refractivity contribution in [3.63, 3.8) is 0 Å². The second-order valence-electron chi connectivity index (χ2n) is 10.5. The first-order chi connectivity index (χ1) is 17.9. The average Bonchev–Trinajstić information content (AvgIpc) is 3.16. The lowest BCUT2D eigenvalue weighted by Crippen LogP contribution is -2.57. The van der Waals surface area contributed by atoms with E-state index in [2.05, 4.69) is 10.2 Å². The van der Waals surface area contributed by atoms with Crippen molar-refractivity contribution in [3.8, 4) is 5.75 Å². The topological polar surface area (TPSA) is 79.0 Å². The largest absolute Gasteiger partial charge is 0.489 e. The minimum Gasteiger partial charge on any atom is -0.489 e. The summed E-state index contributed by atoms with van der Waals surface area (Å²) in [5.41, 5.74) is 1.94. The Balaban J connectivity index is 1.12. The molecule has 2 aromatic carbocycles. The van der Waals surface area contributed by atoms with Crippen molar-refractivity contribution < 1.29 is 27.9 Å². The van der Waals surface area contributed by atoms with Crippen LogP contribution in [0.4, 0.5) is 8.78 Å². The lowest BCUT2D eigenvalue weighted by Gasteiger charge is -2.48. The number of hydrogen-bond donors (Lipinski definition) is 1. The van der Waals surface area contributed by atoms with Crippen LogP contribution in [-0.4, -0.2) is 58.8 Å². The van der Waals surface area contributed by atoms with Gasteiger partial charge in [-0.25, -0.2) is 8.78 Å². The van der Waals surface area contributed by atoms with Crippen molar-refractivity contribution in [1.29, 1.82) is 0 Å². The maximum Gasteiger partial charge on any atom is 0.255 e. The number of nitrogens with one attached hydrogen (secondary N) is 1. The molecule has 194 valence electrons. The Morgan fingerprint density at radius 2 is 1.76 bits per heavy atom. The number of fused-ring (bicyclic) bond motifs is 1. The fraction of sp³-hybridized carbons (Fsp3) is 0.464. The molecule has 2 saturated heterocycles. The first-order valence-corrected chi connectivity index (χ1v) is 13.0. The third-order valence-electron chi connectivity index (χ3n) is 8.23. The van der Waals surface area contributed by atoms with Crippen LogP contribution in [0.3, 0.4) is 0 Å². The Labute approximate surface area is 213 Å². The highest BCUT2D eigenvalue weighted by Crippen LogP contribution is 2.37. The van der Waals surface area contributed by atoms with Crippen LogP contribution in [-0.2, 0) is 16.1 Å². The summed E-state index contributed by atoms with van der Waals surface area (Å²) in [5, 5.41) is 2.33. The lowest BCUT2D eigenvalue weighted by atomic mass is 9.84. The first kappa shape index (κ1) is 24.0. The fourth-order valence-electron chi connectivity index (χ4n) is 6.24. The van der Waals surface area contributed by atoms with Gasteiger partial charge in [-0.1, -0.05) is 12.5 Å². The van der Waals surface area contributed by atoms with Gasteiger partial charge in [0.15, 0.2) is 0 Å². The molecule has 1 aliphatic carbocycles. The van der Waals surface area contributed by atoms with Crippen molar-refractivity contribution in [3.05, 3.63) is 64.7 Å². The zero-order valence-electron chi connectivity index (χ0n) is 20.4. The van der Waals surface area contributed by atoms with Crippen LogP contribution in [0.5, 0.6) is 5.75 Å². The van der Waals surface area contributed by atoms with Gasteiger partial charge in [0.2, 0.25) is 11.8 Å². The molecular weight excluding hydrogens is 480 g/mol. The number of rotatable bonds is 5. The highest BCUT2D eigenvalue weighted by atomic mass is 19.1. The van der Waals surface area contributed by atoms with Gasteiger partial charge in [-0.2, -0.15) is 0 Å². The molecule has 3 amide bonds. The molecule has 4 aliphatic rings. The number of imide groups is 1. The van der Waals surface area contributed by atoms with Gasteiger partial charge < -0.3 is 9.64 Å². The highest BCUT2D eigenvalue weighted by Gasteiger charge is 2.41. The molecule has 3 fully saturated rings. The highest BCUT2D eigenvalue weighted by molar-refractivity contribution is 6.05. The first-order valence-electron chi connectivity index (χ1n) is 13.0. The number of hydrogen-bond acceptors (Lipinski definition) is 5. The summed E-state index contributed by atoms with van der Waals surface area (Å²) < 4.78 is 34.0. The number of piperidine rings is 1. The number of nitrogens with zero attached hydrogens (tertiary/aromatic N) is 2. The molecule has 1 saturated carbocycles. The number of halogens is 2. The van der Waals surface area contributed by atoms with E-state index >= 15 is 0 Å². The molecule has 9 heteroatoms. The molecule has 3 heterocycles. The van der Waals surface area contributed by atoms with Crippen LogP contribution in [0.15, 0.2) is 36.4 Å². The summed E-state index contributed by atoms with van der Waals surface area (Å²) in [5.74, 6) is -1.24. The number of benzene rings is 2. The molecule has 1 N–H and O–H groups in total. The van der Waals surface area contributed by atoms with Gasteiger partial charge in [0.05, 0.1) is 0 Å². The SMILES string of the molecule is O=C1CCC(N2Cc3cc(O[C@@H]4CCCC[C@H]4N4CC(c5ccc(F)cc5F)C4)ccc3C2=O)C(=O)N1. The van der Waals surface area contributed by atoms with Gasteiger partial charge in [0, 0.05) is 49.6 Å². The van der Waals surface area contributed by atoms with Crippen molar-refractivity contribution in [1.82, 2.24) is 15.1 Å². The Kier molecular flexibility index (Phi) is 6.18. The maximum absolute atomic E-state index is 14.2. The molecule has 2 aromatic rings. The van der Waals surface area contributed by atoms with Gasteiger partial charge in [-0.15, -0.1) is 0 Å². The Bertz CT molecular complexity index is 1260. The molecule has 0 spiro atoms.